The molecule has 1 fully saturated rings. The predicted molar refractivity (Wildman–Crippen MR) is 77.0 cm³/mol. The third kappa shape index (κ3) is 3.56. The molecule has 112 valence electrons. The van der Waals surface area contributed by atoms with Gasteiger partial charge in [0.05, 0.1) is 4.92 Å². The highest BCUT2D eigenvalue weighted by Gasteiger charge is 2.26. The van der Waals surface area contributed by atoms with Gasteiger partial charge >= 0.3 is 0 Å². The summed E-state index contributed by atoms with van der Waals surface area (Å²) in [5, 5.41) is 14.2. The highest BCUT2D eigenvalue weighted by atomic mass is 16.6. The van der Waals surface area contributed by atoms with E-state index in [0.717, 1.165) is 12.8 Å². The number of aldehydes is 1. The van der Waals surface area contributed by atoms with Crippen LogP contribution in [0, 0.1) is 16.0 Å². The fourth-order valence-corrected chi connectivity index (χ4v) is 2.64. The zero-order valence-electron chi connectivity index (χ0n) is 11.5. The number of nitro groups is 1. The van der Waals surface area contributed by atoms with Gasteiger partial charge in [0.15, 0.2) is 0 Å². The Morgan fingerprint density at radius 3 is 2.52 bits per heavy atom. The van der Waals surface area contributed by atoms with Crippen LogP contribution in [0.4, 0.5) is 11.4 Å². The van der Waals surface area contributed by atoms with Gasteiger partial charge in [-0.3, -0.25) is 19.7 Å². The molecular formula is C14H17N3O4. The minimum Gasteiger partial charge on any atom is -0.377 e. The van der Waals surface area contributed by atoms with E-state index in [4.69, 9.17) is 5.73 Å². The molecule has 2 rings (SSSR count). The molecule has 0 radical (unpaired) electrons. The highest BCUT2D eigenvalue weighted by molar-refractivity contribution is 5.79. The molecule has 1 amide bonds. The molecule has 0 aromatic heterocycles. The van der Waals surface area contributed by atoms with Gasteiger partial charge in [0.1, 0.15) is 12.0 Å². The molecule has 0 spiro atoms. The first-order valence-corrected chi connectivity index (χ1v) is 6.80. The van der Waals surface area contributed by atoms with Crippen LogP contribution in [0.25, 0.3) is 0 Å². The maximum Gasteiger partial charge on any atom is 0.293 e. The van der Waals surface area contributed by atoms with E-state index in [0.29, 0.717) is 24.8 Å². The van der Waals surface area contributed by atoms with Crippen LogP contribution in [0.1, 0.15) is 36.0 Å². The molecule has 7 heteroatoms. The summed E-state index contributed by atoms with van der Waals surface area (Å²) in [4.78, 5) is 32.4. The average molecular weight is 291 g/mol. The Morgan fingerprint density at radius 1 is 1.33 bits per heavy atom. The van der Waals surface area contributed by atoms with E-state index in [1.807, 2.05) is 0 Å². The number of anilines is 1. The van der Waals surface area contributed by atoms with Crippen molar-refractivity contribution >= 4 is 23.6 Å². The van der Waals surface area contributed by atoms with Crippen molar-refractivity contribution in [1.82, 2.24) is 0 Å². The van der Waals surface area contributed by atoms with Crippen LogP contribution in [0.2, 0.25) is 0 Å². The molecule has 1 aliphatic carbocycles. The van der Waals surface area contributed by atoms with Gasteiger partial charge in [0.2, 0.25) is 5.91 Å². The molecule has 7 nitrogen and oxygen atoms in total. The Bertz CT molecular complexity index is 565. The third-order valence-corrected chi connectivity index (χ3v) is 3.84. The first-order valence-electron chi connectivity index (χ1n) is 6.80. The van der Waals surface area contributed by atoms with Crippen LogP contribution >= 0.6 is 0 Å². The maximum absolute atomic E-state index is 11.1. The number of benzene rings is 1. The molecule has 1 aromatic rings. The molecule has 0 heterocycles. The molecule has 0 saturated heterocycles. The van der Waals surface area contributed by atoms with Gasteiger partial charge in [0, 0.05) is 23.6 Å². The zero-order valence-corrected chi connectivity index (χ0v) is 11.5. The second-order valence-electron chi connectivity index (χ2n) is 5.25. The number of carbonyl (C=O) groups is 2. The lowest BCUT2D eigenvalue weighted by atomic mass is 9.85. The minimum absolute atomic E-state index is 0.0707. The van der Waals surface area contributed by atoms with Gasteiger partial charge in [-0.2, -0.15) is 0 Å². The predicted octanol–water partition coefficient (Wildman–Crippen LogP) is 1.86. The number of nitrogens with two attached hydrogens (primary N) is 1. The van der Waals surface area contributed by atoms with E-state index in [9.17, 15) is 19.7 Å². The van der Waals surface area contributed by atoms with Crippen LogP contribution < -0.4 is 11.1 Å². The summed E-state index contributed by atoms with van der Waals surface area (Å²) in [5.41, 5.74) is 5.83. The monoisotopic (exact) mass is 291 g/mol. The van der Waals surface area contributed by atoms with Crippen molar-refractivity contribution in [3.8, 4) is 0 Å². The third-order valence-electron chi connectivity index (χ3n) is 3.84. The lowest BCUT2D eigenvalue weighted by Crippen LogP contribution is -2.32. The van der Waals surface area contributed by atoms with Crippen molar-refractivity contribution in [2.75, 3.05) is 5.32 Å². The number of amides is 1. The first-order chi connectivity index (χ1) is 10.0. The van der Waals surface area contributed by atoms with Gasteiger partial charge in [-0.25, -0.2) is 0 Å². The average Bonchev–Trinajstić information content (AvgIpc) is 2.48. The van der Waals surface area contributed by atoms with E-state index >= 15 is 0 Å². The number of hydrogen-bond acceptors (Lipinski definition) is 5. The number of hydrogen-bond donors (Lipinski definition) is 2. The Balaban J connectivity index is 2.08. The first kappa shape index (κ1) is 15.0. The van der Waals surface area contributed by atoms with Gasteiger partial charge in [0.25, 0.3) is 5.69 Å². The number of rotatable bonds is 5. The molecule has 1 saturated carbocycles. The molecule has 0 unspecified atom stereocenters. The molecule has 1 aromatic carbocycles. The van der Waals surface area contributed by atoms with Crippen LogP contribution in [-0.4, -0.2) is 23.2 Å². The highest BCUT2D eigenvalue weighted by Crippen LogP contribution is 2.30. The maximum atomic E-state index is 11.1. The summed E-state index contributed by atoms with van der Waals surface area (Å²) in [6, 6.07) is 4.41. The van der Waals surface area contributed by atoms with Gasteiger partial charge in [-0.15, -0.1) is 0 Å². The van der Waals surface area contributed by atoms with E-state index in [1.54, 1.807) is 6.07 Å². The quantitative estimate of drug-likeness (QED) is 0.488. The minimum atomic E-state index is -0.510. The van der Waals surface area contributed by atoms with Crippen molar-refractivity contribution in [2.45, 2.75) is 31.7 Å². The second-order valence-corrected chi connectivity index (χ2v) is 5.25. The summed E-state index contributed by atoms with van der Waals surface area (Å²) in [6.45, 7) is 0. The van der Waals surface area contributed by atoms with E-state index < -0.39 is 4.92 Å². The number of nitro benzene ring substituents is 1. The van der Waals surface area contributed by atoms with Crippen molar-refractivity contribution in [1.29, 1.82) is 0 Å². The Morgan fingerprint density at radius 2 is 2.00 bits per heavy atom. The lowest BCUT2D eigenvalue weighted by molar-refractivity contribution is -0.384. The fraction of sp³-hybridized carbons (Fsp3) is 0.429. The molecule has 21 heavy (non-hydrogen) atoms. The standard InChI is InChI=1S/C14H17N3O4/c15-14(19)10-2-4-11(5-3-10)16-12-6-1-9(8-18)7-13(12)17(20)21/h1,6-8,10-11,16H,2-5H2,(H2,15,19). The van der Waals surface area contributed by atoms with Crippen LogP contribution in [-0.2, 0) is 4.79 Å². The molecule has 3 N–H and O–H groups in total. The van der Waals surface area contributed by atoms with Crippen LogP contribution in [0.5, 0.6) is 0 Å². The van der Waals surface area contributed by atoms with E-state index in [2.05, 4.69) is 5.32 Å². The van der Waals surface area contributed by atoms with Gasteiger partial charge < -0.3 is 11.1 Å². The molecular weight excluding hydrogens is 274 g/mol. The Hall–Kier alpha value is -2.44. The largest absolute Gasteiger partial charge is 0.377 e. The molecule has 0 aliphatic heterocycles. The summed E-state index contributed by atoms with van der Waals surface area (Å²) < 4.78 is 0. The zero-order chi connectivity index (χ0) is 15.4. The normalized spacial score (nSPS) is 21.5. The topological polar surface area (TPSA) is 115 Å². The summed E-state index contributed by atoms with van der Waals surface area (Å²) >= 11 is 0. The van der Waals surface area contributed by atoms with Gasteiger partial charge in [-0.1, -0.05) is 0 Å². The Kier molecular flexibility index (Phi) is 4.52. The summed E-state index contributed by atoms with van der Waals surface area (Å²) in [6.07, 6.45) is 3.43. The van der Waals surface area contributed by atoms with Crippen molar-refractivity contribution in [2.24, 2.45) is 11.7 Å². The van der Waals surface area contributed by atoms with Crippen molar-refractivity contribution in [3.05, 3.63) is 33.9 Å². The van der Waals surface area contributed by atoms with Crippen molar-refractivity contribution < 1.29 is 14.5 Å². The number of carbonyl (C=O) groups excluding carboxylic acids is 2. The Labute approximate surface area is 121 Å². The number of nitrogens with zero attached hydrogens (tertiary/aromatic N) is 1. The summed E-state index contributed by atoms with van der Waals surface area (Å²) in [7, 11) is 0. The lowest BCUT2D eigenvalue weighted by Gasteiger charge is -2.28. The summed E-state index contributed by atoms with van der Waals surface area (Å²) in [5.74, 6) is -0.384. The smallest absolute Gasteiger partial charge is 0.293 e. The van der Waals surface area contributed by atoms with Gasteiger partial charge in [-0.05, 0) is 37.8 Å². The molecule has 0 atom stereocenters. The number of nitrogens with one attached hydrogen (secondary N) is 1. The van der Waals surface area contributed by atoms with Crippen molar-refractivity contribution in [3.63, 3.8) is 0 Å². The van der Waals surface area contributed by atoms with E-state index in [1.165, 1.54) is 12.1 Å². The molecule has 1 aliphatic rings. The fourth-order valence-electron chi connectivity index (χ4n) is 2.64. The van der Waals surface area contributed by atoms with Crippen LogP contribution in [0.15, 0.2) is 18.2 Å². The second kappa shape index (κ2) is 6.34. The number of primary amides is 1. The molecule has 0 bridgehead atoms. The SMILES string of the molecule is NC(=O)C1CCC(Nc2ccc(C=O)cc2[N+](=O)[O-])CC1. The van der Waals surface area contributed by atoms with Crippen LogP contribution in [0.3, 0.4) is 0 Å². The van der Waals surface area contributed by atoms with E-state index in [-0.39, 0.29) is 29.1 Å².